The highest BCUT2D eigenvalue weighted by molar-refractivity contribution is 5.93. The molecule has 0 atom stereocenters. The Balaban J connectivity index is 0.000000163. The molecule has 1 aromatic heterocycles. The van der Waals surface area contributed by atoms with Gasteiger partial charge in [-0.3, -0.25) is 4.79 Å². The summed E-state index contributed by atoms with van der Waals surface area (Å²) in [5, 5.41) is 0. The first-order valence-corrected chi connectivity index (χ1v) is 9.11. The number of nitrogens with zero attached hydrogens (tertiary/aromatic N) is 1. The molecule has 1 heterocycles. The molecule has 5 heteroatoms. The molecule has 0 fully saturated rings. The number of hydrogen-bond donors (Lipinski definition) is 1. The molecular weight excluding hydrogens is 352 g/mol. The second-order valence-corrected chi connectivity index (χ2v) is 6.09. The average Bonchev–Trinajstić information content (AvgIpc) is 3.18. The van der Waals surface area contributed by atoms with E-state index in [0.29, 0.717) is 23.8 Å². The Morgan fingerprint density at radius 2 is 1.75 bits per heavy atom. The summed E-state index contributed by atoms with van der Waals surface area (Å²) in [5.41, 5.74) is 8.33. The monoisotopic (exact) mass is 374 g/mol. The van der Waals surface area contributed by atoms with Crippen LogP contribution in [0.3, 0.4) is 0 Å². The zero-order valence-electron chi connectivity index (χ0n) is 15.7. The molecule has 3 aromatic carbocycles. The predicted molar refractivity (Wildman–Crippen MR) is 110 cm³/mol. The molecule has 28 heavy (non-hydrogen) atoms. The van der Waals surface area contributed by atoms with Gasteiger partial charge in [0.05, 0.1) is 6.61 Å². The number of primary amides is 1. The fourth-order valence-electron chi connectivity index (χ4n) is 2.54. The van der Waals surface area contributed by atoms with Crippen molar-refractivity contribution in [3.05, 3.63) is 84.4 Å². The molecule has 4 aromatic rings. The lowest BCUT2D eigenvalue weighted by Gasteiger charge is -2.04. The standard InChI is InChI=1S/C13H9NO.C10H13NO2/c1-2-6-10(7-3-1)13-14-11-8-4-5-9-12(11)15-13;1-2-6-13-9-5-3-4-8(7-9)10(11)12/h1-9H;3-5,7H,2,6H2,1H3,(H2,11,12). The number of ether oxygens (including phenoxy) is 1. The van der Waals surface area contributed by atoms with E-state index in [1.807, 2.05) is 67.6 Å². The number of aromatic nitrogens is 1. The molecule has 0 radical (unpaired) electrons. The van der Waals surface area contributed by atoms with Crippen LogP contribution >= 0.6 is 0 Å². The Morgan fingerprint density at radius 1 is 1.00 bits per heavy atom. The smallest absolute Gasteiger partial charge is 0.248 e. The molecule has 5 nitrogen and oxygen atoms in total. The van der Waals surface area contributed by atoms with Crippen LogP contribution in [0.2, 0.25) is 0 Å². The first-order valence-electron chi connectivity index (χ1n) is 9.11. The second-order valence-electron chi connectivity index (χ2n) is 6.09. The number of rotatable bonds is 5. The van der Waals surface area contributed by atoms with Crippen LogP contribution in [0.5, 0.6) is 5.75 Å². The molecule has 2 N–H and O–H groups in total. The molecule has 0 aliphatic carbocycles. The van der Waals surface area contributed by atoms with Crippen LogP contribution in [0, 0.1) is 0 Å². The minimum Gasteiger partial charge on any atom is -0.494 e. The van der Waals surface area contributed by atoms with E-state index in [4.69, 9.17) is 14.9 Å². The fraction of sp³-hybridized carbons (Fsp3) is 0.130. The number of carbonyl (C=O) groups excluding carboxylic acids is 1. The van der Waals surface area contributed by atoms with Gasteiger partial charge in [-0.05, 0) is 48.9 Å². The normalized spacial score (nSPS) is 10.2. The molecule has 0 bridgehead atoms. The van der Waals surface area contributed by atoms with Crippen LogP contribution in [-0.2, 0) is 0 Å². The van der Waals surface area contributed by atoms with Crippen LogP contribution < -0.4 is 10.5 Å². The number of fused-ring (bicyclic) bond motifs is 1. The van der Waals surface area contributed by atoms with Gasteiger partial charge in [0, 0.05) is 11.1 Å². The summed E-state index contributed by atoms with van der Waals surface area (Å²) in [6, 6.07) is 24.6. The zero-order valence-corrected chi connectivity index (χ0v) is 15.7. The minimum absolute atomic E-state index is 0.429. The van der Waals surface area contributed by atoms with Gasteiger partial charge < -0.3 is 14.9 Å². The summed E-state index contributed by atoms with van der Waals surface area (Å²) in [7, 11) is 0. The van der Waals surface area contributed by atoms with E-state index in [0.717, 1.165) is 23.1 Å². The number of carbonyl (C=O) groups is 1. The molecule has 0 saturated heterocycles. The van der Waals surface area contributed by atoms with Crippen LogP contribution in [0.25, 0.3) is 22.6 Å². The Morgan fingerprint density at radius 3 is 2.46 bits per heavy atom. The Kier molecular flexibility index (Phi) is 6.41. The van der Waals surface area contributed by atoms with E-state index >= 15 is 0 Å². The van der Waals surface area contributed by atoms with E-state index < -0.39 is 5.91 Å². The second kappa shape index (κ2) is 9.37. The van der Waals surface area contributed by atoms with E-state index in [1.54, 1.807) is 18.2 Å². The van der Waals surface area contributed by atoms with E-state index in [1.165, 1.54) is 0 Å². The van der Waals surface area contributed by atoms with Gasteiger partial charge in [0.15, 0.2) is 5.58 Å². The topological polar surface area (TPSA) is 78.4 Å². The summed E-state index contributed by atoms with van der Waals surface area (Å²) in [4.78, 5) is 15.2. The largest absolute Gasteiger partial charge is 0.494 e. The predicted octanol–water partition coefficient (Wildman–Crippen LogP) is 5.07. The van der Waals surface area contributed by atoms with Gasteiger partial charge in [0.2, 0.25) is 11.8 Å². The van der Waals surface area contributed by atoms with Crippen molar-refractivity contribution in [2.45, 2.75) is 13.3 Å². The maximum absolute atomic E-state index is 10.8. The number of hydrogen-bond acceptors (Lipinski definition) is 4. The van der Waals surface area contributed by atoms with Crippen LogP contribution in [0.1, 0.15) is 23.7 Å². The third-order valence-electron chi connectivity index (χ3n) is 3.91. The third kappa shape index (κ3) is 4.98. The van der Waals surface area contributed by atoms with Gasteiger partial charge >= 0.3 is 0 Å². The van der Waals surface area contributed by atoms with Crippen molar-refractivity contribution in [2.24, 2.45) is 5.73 Å². The lowest BCUT2D eigenvalue weighted by molar-refractivity contribution is 0.1000. The molecule has 0 aliphatic rings. The quantitative estimate of drug-likeness (QED) is 0.529. The maximum Gasteiger partial charge on any atom is 0.248 e. The van der Waals surface area contributed by atoms with Gasteiger partial charge in [-0.1, -0.05) is 43.3 Å². The molecule has 0 saturated carbocycles. The Bertz CT molecular complexity index is 1010. The molecule has 4 rings (SSSR count). The average molecular weight is 374 g/mol. The molecular formula is C23H22N2O3. The third-order valence-corrected chi connectivity index (χ3v) is 3.91. The van der Waals surface area contributed by atoms with Gasteiger partial charge in [-0.15, -0.1) is 0 Å². The zero-order chi connectivity index (χ0) is 19.8. The van der Waals surface area contributed by atoms with Crippen molar-refractivity contribution < 1.29 is 13.9 Å². The summed E-state index contributed by atoms with van der Waals surface area (Å²) < 4.78 is 11.0. The van der Waals surface area contributed by atoms with E-state index in [-0.39, 0.29) is 0 Å². The molecule has 1 amide bonds. The minimum atomic E-state index is -0.429. The number of oxazole rings is 1. The lowest BCUT2D eigenvalue weighted by atomic mass is 10.2. The summed E-state index contributed by atoms with van der Waals surface area (Å²) in [5.74, 6) is 0.942. The number of benzene rings is 3. The number of para-hydroxylation sites is 2. The van der Waals surface area contributed by atoms with Gasteiger partial charge in [-0.25, -0.2) is 4.98 Å². The number of amides is 1. The number of nitrogens with two attached hydrogens (primary N) is 1. The van der Waals surface area contributed by atoms with Crippen LogP contribution in [0.4, 0.5) is 0 Å². The van der Waals surface area contributed by atoms with Gasteiger partial charge in [0.25, 0.3) is 0 Å². The van der Waals surface area contributed by atoms with Crippen LogP contribution in [-0.4, -0.2) is 17.5 Å². The van der Waals surface area contributed by atoms with E-state index in [9.17, 15) is 4.79 Å². The van der Waals surface area contributed by atoms with Crippen molar-refractivity contribution >= 4 is 17.0 Å². The fourth-order valence-corrected chi connectivity index (χ4v) is 2.54. The molecule has 0 aliphatic heterocycles. The Hall–Kier alpha value is -3.60. The van der Waals surface area contributed by atoms with Crippen molar-refractivity contribution in [3.8, 4) is 17.2 Å². The van der Waals surface area contributed by atoms with Crippen molar-refractivity contribution in [2.75, 3.05) is 6.61 Å². The van der Waals surface area contributed by atoms with Crippen molar-refractivity contribution in [1.29, 1.82) is 0 Å². The summed E-state index contributed by atoms with van der Waals surface area (Å²) in [6.07, 6.45) is 0.945. The maximum atomic E-state index is 10.8. The highest BCUT2D eigenvalue weighted by Gasteiger charge is 2.06. The molecule has 142 valence electrons. The SMILES string of the molecule is CCCOc1cccc(C(N)=O)c1.c1ccc(-c2nc3ccccc3o2)cc1. The lowest BCUT2D eigenvalue weighted by Crippen LogP contribution is -2.10. The summed E-state index contributed by atoms with van der Waals surface area (Å²) >= 11 is 0. The van der Waals surface area contributed by atoms with E-state index in [2.05, 4.69) is 4.98 Å². The first-order chi connectivity index (χ1) is 13.7. The highest BCUT2D eigenvalue weighted by Crippen LogP contribution is 2.23. The molecule has 0 unspecified atom stereocenters. The Labute approximate surface area is 163 Å². The summed E-state index contributed by atoms with van der Waals surface area (Å²) in [6.45, 7) is 2.68. The van der Waals surface area contributed by atoms with Crippen molar-refractivity contribution in [1.82, 2.24) is 4.98 Å². The highest BCUT2D eigenvalue weighted by atomic mass is 16.5. The van der Waals surface area contributed by atoms with Gasteiger partial charge in [0.1, 0.15) is 11.3 Å². The van der Waals surface area contributed by atoms with Gasteiger partial charge in [-0.2, -0.15) is 0 Å². The van der Waals surface area contributed by atoms with Crippen molar-refractivity contribution in [3.63, 3.8) is 0 Å². The molecule has 0 spiro atoms. The first kappa shape index (κ1) is 19.2. The van der Waals surface area contributed by atoms with Crippen LogP contribution in [0.15, 0.2) is 83.3 Å².